The molecule has 2 aromatic carbocycles. The van der Waals surface area contributed by atoms with Crippen molar-refractivity contribution in [2.75, 3.05) is 20.3 Å². The molecule has 150 valence electrons. The highest BCUT2D eigenvalue weighted by atomic mass is 35.5. The molecule has 0 saturated heterocycles. The zero-order valence-electron chi connectivity index (χ0n) is 16.5. The Morgan fingerprint density at radius 1 is 1.07 bits per heavy atom. The van der Waals surface area contributed by atoms with Crippen LogP contribution < -0.4 is 0 Å². The Bertz CT molecular complexity index is 950. The summed E-state index contributed by atoms with van der Waals surface area (Å²) in [6.45, 7) is 2.16. The highest BCUT2D eigenvalue weighted by Gasteiger charge is 2.14. The summed E-state index contributed by atoms with van der Waals surface area (Å²) in [5.74, 6) is -0.0450. The van der Waals surface area contributed by atoms with Gasteiger partial charge in [-0.2, -0.15) is 0 Å². The lowest BCUT2D eigenvalue weighted by atomic mass is 10.2. The fraction of sp³-hybridized carbons (Fsp3) is 0.208. The van der Waals surface area contributed by atoms with Crippen LogP contribution in [0.4, 0.5) is 0 Å². The van der Waals surface area contributed by atoms with Crippen LogP contribution >= 0.6 is 11.6 Å². The molecule has 0 unspecified atom stereocenters. The second kappa shape index (κ2) is 10.6. The first kappa shape index (κ1) is 20.9. The van der Waals surface area contributed by atoms with E-state index in [0.717, 1.165) is 21.8 Å². The molecule has 0 saturated carbocycles. The van der Waals surface area contributed by atoms with Crippen molar-refractivity contribution in [1.82, 2.24) is 9.47 Å². The Kier molecular flexibility index (Phi) is 7.68. The van der Waals surface area contributed by atoms with Crippen LogP contribution in [-0.2, 0) is 22.6 Å². The fourth-order valence-corrected chi connectivity index (χ4v) is 3.25. The monoisotopic (exact) mass is 408 g/mol. The van der Waals surface area contributed by atoms with E-state index >= 15 is 0 Å². The van der Waals surface area contributed by atoms with Crippen LogP contribution in [-0.4, -0.2) is 35.6 Å². The molecule has 0 bridgehead atoms. The summed E-state index contributed by atoms with van der Waals surface area (Å²) in [5.41, 5.74) is 3.09. The van der Waals surface area contributed by atoms with Crippen molar-refractivity contribution in [2.45, 2.75) is 13.1 Å². The second-order valence-corrected chi connectivity index (χ2v) is 7.12. The van der Waals surface area contributed by atoms with Crippen LogP contribution in [0.5, 0.6) is 0 Å². The van der Waals surface area contributed by atoms with Gasteiger partial charge in [0.25, 0.3) is 0 Å². The van der Waals surface area contributed by atoms with Crippen LogP contribution in [0.1, 0.15) is 16.8 Å². The lowest BCUT2D eigenvalue weighted by Gasteiger charge is -2.22. The molecule has 1 aromatic heterocycles. The van der Waals surface area contributed by atoms with E-state index < -0.39 is 0 Å². The Morgan fingerprint density at radius 2 is 1.83 bits per heavy atom. The molecule has 3 aromatic rings. The van der Waals surface area contributed by atoms with Gasteiger partial charge < -0.3 is 14.2 Å². The van der Waals surface area contributed by atoms with Crippen molar-refractivity contribution >= 4 is 23.6 Å². The van der Waals surface area contributed by atoms with E-state index in [4.69, 9.17) is 16.3 Å². The number of amides is 1. The topological polar surface area (TPSA) is 34.5 Å². The summed E-state index contributed by atoms with van der Waals surface area (Å²) in [5, 5.41) is 0.741. The third kappa shape index (κ3) is 6.08. The van der Waals surface area contributed by atoms with E-state index in [2.05, 4.69) is 4.57 Å². The van der Waals surface area contributed by atoms with Gasteiger partial charge in [0.1, 0.15) is 0 Å². The molecule has 0 aliphatic heterocycles. The number of rotatable bonds is 9. The van der Waals surface area contributed by atoms with Gasteiger partial charge in [-0.3, -0.25) is 4.79 Å². The Labute approximate surface area is 177 Å². The van der Waals surface area contributed by atoms with E-state index in [-0.39, 0.29) is 5.91 Å². The minimum atomic E-state index is -0.0450. The molecule has 4 nitrogen and oxygen atoms in total. The molecule has 0 radical (unpaired) electrons. The highest BCUT2D eigenvalue weighted by molar-refractivity contribution is 6.31. The van der Waals surface area contributed by atoms with Crippen molar-refractivity contribution < 1.29 is 9.53 Å². The van der Waals surface area contributed by atoms with Crippen molar-refractivity contribution in [3.05, 3.63) is 101 Å². The van der Waals surface area contributed by atoms with Gasteiger partial charge >= 0.3 is 0 Å². The first-order chi connectivity index (χ1) is 14.2. The zero-order chi connectivity index (χ0) is 20.5. The molecular formula is C24H25ClN2O2. The van der Waals surface area contributed by atoms with Crippen LogP contribution in [0.3, 0.4) is 0 Å². The van der Waals surface area contributed by atoms with Gasteiger partial charge in [-0.1, -0.05) is 60.1 Å². The number of benzene rings is 2. The van der Waals surface area contributed by atoms with Crippen LogP contribution in [0.15, 0.2) is 79.0 Å². The molecule has 1 amide bonds. The molecular weight excluding hydrogens is 384 g/mol. The van der Waals surface area contributed by atoms with E-state index in [0.29, 0.717) is 26.2 Å². The van der Waals surface area contributed by atoms with Crippen LogP contribution in [0, 0.1) is 0 Å². The number of halogens is 1. The predicted octanol–water partition coefficient (Wildman–Crippen LogP) is 4.88. The summed E-state index contributed by atoms with van der Waals surface area (Å²) < 4.78 is 7.32. The van der Waals surface area contributed by atoms with Crippen molar-refractivity contribution in [3.63, 3.8) is 0 Å². The lowest BCUT2D eigenvalue weighted by molar-refractivity contribution is -0.127. The van der Waals surface area contributed by atoms with Gasteiger partial charge in [-0.25, -0.2) is 0 Å². The maximum atomic E-state index is 12.8. The van der Waals surface area contributed by atoms with E-state index in [1.807, 2.05) is 79.0 Å². The lowest BCUT2D eigenvalue weighted by Crippen LogP contribution is -2.33. The van der Waals surface area contributed by atoms with Gasteiger partial charge in [0.2, 0.25) is 5.91 Å². The molecule has 0 N–H and O–H groups in total. The average Bonchev–Trinajstić information content (AvgIpc) is 3.18. The summed E-state index contributed by atoms with van der Waals surface area (Å²) in [6.07, 6.45) is 5.47. The molecule has 0 atom stereocenters. The minimum absolute atomic E-state index is 0.0450. The third-order valence-corrected chi connectivity index (χ3v) is 5.04. The van der Waals surface area contributed by atoms with Gasteiger partial charge in [0.05, 0.1) is 13.2 Å². The Balaban J connectivity index is 1.73. The number of aromatic nitrogens is 1. The zero-order valence-corrected chi connectivity index (χ0v) is 17.3. The average molecular weight is 409 g/mol. The minimum Gasteiger partial charge on any atom is -0.383 e. The summed E-state index contributed by atoms with van der Waals surface area (Å²) in [4.78, 5) is 14.6. The fourth-order valence-electron chi connectivity index (χ4n) is 3.06. The van der Waals surface area contributed by atoms with Gasteiger partial charge in [0.15, 0.2) is 0 Å². The van der Waals surface area contributed by atoms with Crippen LogP contribution in [0.2, 0.25) is 5.02 Å². The van der Waals surface area contributed by atoms with Crippen molar-refractivity contribution in [2.24, 2.45) is 0 Å². The van der Waals surface area contributed by atoms with Crippen LogP contribution in [0.25, 0.3) is 6.08 Å². The SMILES string of the molecule is COCCN(Cc1cccn1Cc1ccccc1Cl)C(=O)/C=C/c1ccccc1. The maximum Gasteiger partial charge on any atom is 0.247 e. The molecule has 3 rings (SSSR count). The molecule has 5 heteroatoms. The molecule has 0 aliphatic carbocycles. The molecule has 29 heavy (non-hydrogen) atoms. The van der Waals surface area contributed by atoms with E-state index in [1.54, 1.807) is 18.1 Å². The number of carbonyl (C=O) groups is 1. The van der Waals surface area contributed by atoms with Gasteiger partial charge in [-0.15, -0.1) is 0 Å². The Hall–Kier alpha value is -2.82. The standard InChI is InChI=1S/C24H25ClN2O2/c1-29-17-16-27(24(28)14-13-20-8-3-2-4-9-20)19-22-11-7-15-26(22)18-21-10-5-6-12-23(21)25/h2-15H,16-19H2,1H3/b14-13+. The predicted molar refractivity (Wildman–Crippen MR) is 118 cm³/mol. The second-order valence-electron chi connectivity index (χ2n) is 6.72. The normalized spacial score (nSPS) is 11.1. The first-order valence-corrected chi connectivity index (χ1v) is 9.93. The number of hydrogen-bond acceptors (Lipinski definition) is 2. The summed E-state index contributed by atoms with van der Waals surface area (Å²) >= 11 is 6.31. The van der Waals surface area contributed by atoms with Crippen molar-refractivity contribution in [1.29, 1.82) is 0 Å². The summed E-state index contributed by atoms with van der Waals surface area (Å²) in [6, 6.07) is 21.6. The number of carbonyl (C=O) groups excluding carboxylic acids is 1. The molecule has 0 spiro atoms. The van der Waals surface area contributed by atoms with E-state index in [9.17, 15) is 4.79 Å². The molecule has 0 aliphatic rings. The maximum absolute atomic E-state index is 12.8. The quantitative estimate of drug-likeness (QED) is 0.473. The molecule has 0 fully saturated rings. The number of methoxy groups -OCH3 is 1. The number of ether oxygens (including phenoxy) is 1. The molecule has 1 heterocycles. The van der Waals surface area contributed by atoms with Gasteiger partial charge in [-0.05, 0) is 35.4 Å². The highest BCUT2D eigenvalue weighted by Crippen LogP contribution is 2.18. The number of hydrogen-bond donors (Lipinski definition) is 0. The Morgan fingerprint density at radius 3 is 2.59 bits per heavy atom. The number of nitrogens with zero attached hydrogens (tertiary/aromatic N) is 2. The largest absolute Gasteiger partial charge is 0.383 e. The van der Waals surface area contributed by atoms with Gasteiger partial charge in [0, 0.05) is 43.2 Å². The summed E-state index contributed by atoms with van der Waals surface area (Å²) in [7, 11) is 1.64. The smallest absolute Gasteiger partial charge is 0.247 e. The third-order valence-electron chi connectivity index (χ3n) is 4.67. The van der Waals surface area contributed by atoms with Crippen molar-refractivity contribution in [3.8, 4) is 0 Å². The van der Waals surface area contributed by atoms with E-state index in [1.165, 1.54) is 0 Å². The first-order valence-electron chi connectivity index (χ1n) is 9.56.